The van der Waals surface area contributed by atoms with Crippen LogP contribution in [0.25, 0.3) is 0 Å². The molecule has 2 rings (SSSR count). The van der Waals surface area contributed by atoms with Gasteiger partial charge in [0.25, 0.3) is 0 Å². The van der Waals surface area contributed by atoms with E-state index in [4.69, 9.17) is 14.2 Å². The molecule has 0 fully saturated rings. The molecule has 6 heteroatoms. The summed E-state index contributed by atoms with van der Waals surface area (Å²) in [5.41, 5.74) is 2.41. The third kappa shape index (κ3) is 5.94. The summed E-state index contributed by atoms with van der Waals surface area (Å²) in [6, 6.07) is 2.25. The number of methoxy groups -OCH3 is 3. The van der Waals surface area contributed by atoms with E-state index in [1.807, 2.05) is 19.1 Å². The van der Waals surface area contributed by atoms with Crippen molar-refractivity contribution in [1.29, 1.82) is 0 Å². The number of hydrogen-bond acceptors (Lipinski definition) is 4. The number of rotatable bonds is 12. The first kappa shape index (κ1) is 28.1. The van der Waals surface area contributed by atoms with Crippen LogP contribution in [0.5, 0.6) is 11.5 Å². The van der Waals surface area contributed by atoms with Crippen molar-refractivity contribution in [2.24, 2.45) is 0 Å². The number of hydrogen-bond donors (Lipinski definition) is 0. The number of nitrogens with zero attached hydrogens (tertiary/aromatic N) is 1. The zero-order chi connectivity index (χ0) is 24.6. The maximum atomic E-state index is 12.7. The average Bonchev–Trinajstić information content (AvgIpc) is 2.82. The summed E-state index contributed by atoms with van der Waals surface area (Å²) in [4.78, 5) is 14.6. The van der Waals surface area contributed by atoms with Crippen molar-refractivity contribution in [1.82, 2.24) is 4.90 Å². The molecule has 5 nitrogen and oxygen atoms in total. The molecule has 188 valence electrons. The molecule has 0 unspecified atom stereocenters. The van der Waals surface area contributed by atoms with Crippen LogP contribution in [0.2, 0.25) is 13.3 Å². The Labute approximate surface area is 206 Å². The van der Waals surface area contributed by atoms with Gasteiger partial charge in [-0.1, -0.05) is 0 Å². The number of benzene rings is 1. The molecule has 1 aliphatic rings. The van der Waals surface area contributed by atoms with Crippen LogP contribution in [0, 0.1) is 0 Å². The van der Waals surface area contributed by atoms with Crippen LogP contribution in [-0.2, 0) is 11.2 Å². The van der Waals surface area contributed by atoms with Crippen LogP contribution in [0.4, 0.5) is 4.79 Å². The second-order valence-corrected chi connectivity index (χ2v) is 22.8. The first-order chi connectivity index (χ1) is 15.8. The van der Waals surface area contributed by atoms with Gasteiger partial charge in [-0.3, -0.25) is 0 Å². The van der Waals surface area contributed by atoms with Crippen molar-refractivity contribution in [3.8, 4) is 11.5 Å². The number of carbonyl (C=O) groups is 1. The van der Waals surface area contributed by atoms with Gasteiger partial charge in [0.2, 0.25) is 0 Å². The van der Waals surface area contributed by atoms with Gasteiger partial charge in [-0.25, -0.2) is 0 Å². The van der Waals surface area contributed by atoms with Gasteiger partial charge in [0, 0.05) is 0 Å². The molecule has 1 amide bonds. The topological polar surface area (TPSA) is 48.0 Å². The summed E-state index contributed by atoms with van der Waals surface area (Å²) in [7, 11) is 5.09. The zero-order valence-corrected chi connectivity index (χ0v) is 25.2. The Morgan fingerprint density at radius 3 is 1.94 bits per heavy atom. The van der Waals surface area contributed by atoms with Gasteiger partial charge in [-0.05, 0) is 0 Å². The molecule has 1 heterocycles. The molecule has 1 aromatic rings. The summed E-state index contributed by atoms with van der Waals surface area (Å²) < 4.78 is 23.0. The molecule has 2 atom stereocenters. The van der Waals surface area contributed by atoms with Gasteiger partial charge in [0.15, 0.2) is 0 Å². The van der Waals surface area contributed by atoms with Crippen molar-refractivity contribution in [3.05, 3.63) is 17.2 Å². The molecular formula is C27H47NO4Sn. The summed E-state index contributed by atoms with van der Waals surface area (Å²) in [5, 5.41) is 0. The standard InChI is InChI=1S/C15H20NO4.3C4H9.Sn/c1-9-6-11-7-12(18-3)8-13(19-4)14(11)10(2)16(9)15(17)20-5;3*1-3-4-2;/h7,9-10H,6H2,1-5H3;3*1,3-4H2,2H3;/t9-,10+;;;;/m0..../s1. The van der Waals surface area contributed by atoms with Crippen LogP contribution >= 0.6 is 0 Å². The summed E-state index contributed by atoms with van der Waals surface area (Å²) in [5.74, 6) is 2.05. The third-order valence-corrected chi connectivity index (χ3v) is 23.2. The van der Waals surface area contributed by atoms with E-state index in [0.717, 1.165) is 17.9 Å². The Balaban J connectivity index is 2.81. The van der Waals surface area contributed by atoms with E-state index in [1.54, 1.807) is 0 Å². The molecule has 1 aliphatic heterocycles. The minimum atomic E-state index is -2.90. The van der Waals surface area contributed by atoms with E-state index in [9.17, 15) is 4.79 Å². The van der Waals surface area contributed by atoms with Crippen molar-refractivity contribution < 1.29 is 19.0 Å². The molecule has 0 radical (unpaired) electrons. The molecular weight excluding hydrogens is 521 g/mol. The zero-order valence-electron chi connectivity index (χ0n) is 22.4. The number of amides is 1. The van der Waals surface area contributed by atoms with Crippen LogP contribution in [0.1, 0.15) is 90.3 Å². The normalized spacial score (nSPS) is 18.1. The van der Waals surface area contributed by atoms with Gasteiger partial charge in [0.1, 0.15) is 0 Å². The molecule has 1 aromatic carbocycles. The van der Waals surface area contributed by atoms with Crippen LogP contribution in [0.15, 0.2) is 6.07 Å². The Kier molecular flexibility index (Phi) is 11.2. The van der Waals surface area contributed by atoms with Crippen LogP contribution in [-0.4, -0.2) is 56.7 Å². The second-order valence-electron chi connectivity index (χ2n) is 9.76. The summed E-state index contributed by atoms with van der Waals surface area (Å²) >= 11 is -2.90. The Morgan fingerprint density at radius 1 is 0.970 bits per heavy atom. The number of fused-ring (bicyclic) bond motifs is 1. The van der Waals surface area contributed by atoms with Gasteiger partial charge in [-0.15, -0.1) is 0 Å². The summed E-state index contributed by atoms with van der Waals surface area (Å²) in [6.45, 7) is 11.1. The monoisotopic (exact) mass is 569 g/mol. The van der Waals surface area contributed by atoms with E-state index < -0.39 is 18.4 Å². The van der Waals surface area contributed by atoms with E-state index in [1.165, 1.54) is 73.7 Å². The van der Waals surface area contributed by atoms with Gasteiger partial charge >= 0.3 is 207 Å². The molecule has 0 aromatic heterocycles. The molecule has 0 spiro atoms. The fourth-order valence-electron chi connectivity index (χ4n) is 5.88. The first-order valence-electron chi connectivity index (χ1n) is 13.0. The fourth-order valence-corrected chi connectivity index (χ4v) is 23.0. The molecule has 0 saturated heterocycles. The molecule has 0 N–H and O–H groups in total. The van der Waals surface area contributed by atoms with Crippen molar-refractivity contribution in [2.45, 2.75) is 105 Å². The Morgan fingerprint density at radius 2 is 1.52 bits per heavy atom. The molecule has 33 heavy (non-hydrogen) atoms. The Hall–Kier alpha value is -1.11. The Bertz CT molecular complexity index is 760. The third-order valence-electron chi connectivity index (χ3n) is 7.56. The number of ether oxygens (including phenoxy) is 3. The predicted octanol–water partition coefficient (Wildman–Crippen LogP) is 6.83. The maximum absolute atomic E-state index is 12.7. The molecule has 0 saturated carbocycles. The van der Waals surface area contributed by atoms with Gasteiger partial charge < -0.3 is 0 Å². The van der Waals surface area contributed by atoms with E-state index in [-0.39, 0.29) is 18.2 Å². The fraction of sp³-hybridized carbons (Fsp3) is 0.741. The first-order valence-corrected chi connectivity index (χ1v) is 20.5. The molecule has 0 aliphatic carbocycles. The second kappa shape index (κ2) is 13.1. The van der Waals surface area contributed by atoms with E-state index >= 15 is 0 Å². The van der Waals surface area contributed by atoms with Crippen molar-refractivity contribution in [3.63, 3.8) is 0 Å². The SMILES string of the molecule is CCC[CH2][Sn]([CH2]CCC)([CH2]CCC)[c]1c(OC)cc2c(c1OC)[C@@H](C)N(C(=O)OC)[C@@H](C)C2. The molecule has 0 bridgehead atoms. The van der Waals surface area contributed by atoms with Crippen LogP contribution < -0.4 is 13.1 Å². The summed E-state index contributed by atoms with van der Waals surface area (Å²) in [6.07, 6.45) is 7.99. The van der Waals surface area contributed by atoms with Crippen LogP contribution in [0.3, 0.4) is 0 Å². The van der Waals surface area contributed by atoms with E-state index in [0.29, 0.717) is 0 Å². The number of unbranched alkanes of at least 4 members (excludes halogenated alkanes) is 3. The number of carbonyl (C=O) groups excluding carboxylic acids is 1. The van der Waals surface area contributed by atoms with Crippen molar-refractivity contribution in [2.75, 3.05) is 21.3 Å². The van der Waals surface area contributed by atoms with Gasteiger partial charge in [-0.2, -0.15) is 0 Å². The quantitative estimate of drug-likeness (QED) is 0.260. The van der Waals surface area contributed by atoms with Gasteiger partial charge in [0.05, 0.1) is 0 Å². The predicted molar refractivity (Wildman–Crippen MR) is 140 cm³/mol. The van der Waals surface area contributed by atoms with Crippen molar-refractivity contribution >= 4 is 28.0 Å². The minimum absolute atomic E-state index is 0.0637. The average molecular weight is 568 g/mol. The van der Waals surface area contributed by atoms with E-state index in [2.05, 4.69) is 40.7 Å².